The summed E-state index contributed by atoms with van der Waals surface area (Å²) >= 11 is 1.40. The van der Waals surface area contributed by atoms with Crippen molar-refractivity contribution >= 4 is 11.5 Å². The van der Waals surface area contributed by atoms with Crippen molar-refractivity contribution in [1.29, 1.82) is 0 Å². The summed E-state index contributed by atoms with van der Waals surface area (Å²) in [5, 5.41) is 9.37. The van der Waals surface area contributed by atoms with Crippen molar-refractivity contribution in [2.75, 3.05) is 20.6 Å². The fourth-order valence-corrected chi connectivity index (χ4v) is 1.55. The molecule has 4 nitrogen and oxygen atoms in total. The van der Waals surface area contributed by atoms with Crippen molar-refractivity contribution in [3.8, 4) is 0 Å². The van der Waals surface area contributed by atoms with E-state index in [-0.39, 0.29) is 0 Å². The highest BCUT2D eigenvalue weighted by atomic mass is 32.1. The molecule has 14 heavy (non-hydrogen) atoms. The van der Waals surface area contributed by atoms with Crippen molar-refractivity contribution in [3.05, 3.63) is 11.1 Å². The predicted molar refractivity (Wildman–Crippen MR) is 59.4 cm³/mol. The smallest absolute Gasteiger partial charge is 0.0893 e. The maximum atomic E-state index is 3.98. The number of hydrogen-bond donors (Lipinski definition) is 1. The Hall–Kier alpha value is -0.520. The van der Waals surface area contributed by atoms with Crippen LogP contribution in [0, 0.1) is 0 Å². The summed E-state index contributed by atoms with van der Waals surface area (Å²) in [4.78, 5) is 2.20. The van der Waals surface area contributed by atoms with Crippen LogP contribution in [0.4, 0.5) is 0 Å². The van der Waals surface area contributed by atoms with Crippen molar-refractivity contribution in [3.63, 3.8) is 0 Å². The molecule has 0 fully saturated rings. The zero-order valence-electron chi connectivity index (χ0n) is 9.03. The van der Waals surface area contributed by atoms with Crippen molar-refractivity contribution < 1.29 is 0 Å². The van der Waals surface area contributed by atoms with Gasteiger partial charge in [0.15, 0.2) is 0 Å². The number of nitrogens with zero attached hydrogens (tertiary/aromatic N) is 3. The number of rotatable bonds is 6. The fourth-order valence-electron chi connectivity index (χ4n) is 1.09. The molecule has 1 rings (SSSR count). The van der Waals surface area contributed by atoms with E-state index in [4.69, 9.17) is 0 Å². The quantitative estimate of drug-likeness (QED) is 0.766. The Morgan fingerprint density at radius 1 is 1.57 bits per heavy atom. The van der Waals surface area contributed by atoms with E-state index in [1.807, 2.05) is 5.38 Å². The topological polar surface area (TPSA) is 41.0 Å². The Morgan fingerprint density at radius 3 is 2.93 bits per heavy atom. The lowest BCUT2D eigenvalue weighted by Crippen LogP contribution is -2.29. The molecule has 0 aliphatic heterocycles. The molecule has 1 N–H and O–H groups in total. The molecule has 0 saturated heterocycles. The molecule has 0 aliphatic carbocycles. The molecule has 0 amide bonds. The van der Waals surface area contributed by atoms with Gasteiger partial charge in [0.25, 0.3) is 0 Å². The minimum Gasteiger partial charge on any atom is -0.309 e. The molecular formula is C9H18N4S. The molecule has 0 radical (unpaired) electrons. The van der Waals surface area contributed by atoms with Gasteiger partial charge in [-0.1, -0.05) is 4.49 Å². The Bertz CT molecular complexity index is 235. The van der Waals surface area contributed by atoms with Crippen LogP contribution in [-0.4, -0.2) is 41.2 Å². The van der Waals surface area contributed by atoms with Gasteiger partial charge in [-0.05, 0) is 45.5 Å². The van der Waals surface area contributed by atoms with E-state index in [1.54, 1.807) is 0 Å². The molecule has 0 saturated carbocycles. The van der Waals surface area contributed by atoms with Gasteiger partial charge in [0, 0.05) is 18.0 Å². The normalized spacial score (nSPS) is 13.4. The highest BCUT2D eigenvalue weighted by molar-refractivity contribution is 7.03. The SMILES string of the molecule is CC(CCN(C)C)NCc1csnn1. The second kappa shape index (κ2) is 6.06. The third kappa shape index (κ3) is 4.64. The molecule has 0 bridgehead atoms. The van der Waals surface area contributed by atoms with E-state index in [2.05, 4.69) is 40.8 Å². The van der Waals surface area contributed by atoms with Gasteiger partial charge in [-0.15, -0.1) is 5.10 Å². The molecule has 1 aromatic heterocycles. The molecule has 0 aromatic carbocycles. The van der Waals surface area contributed by atoms with Crippen molar-refractivity contribution in [1.82, 2.24) is 19.8 Å². The van der Waals surface area contributed by atoms with Crippen molar-refractivity contribution in [2.24, 2.45) is 0 Å². The van der Waals surface area contributed by atoms with Crippen LogP contribution in [0.15, 0.2) is 5.38 Å². The molecule has 80 valence electrons. The van der Waals surface area contributed by atoms with E-state index in [0.717, 1.165) is 25.2 Å². The highest BCUT2D eigenvalue weighted by Crippen LogP contribution is 1.98. The molecular weight excluding hydrogens is 196 g/mol. The maximum absolute atomic E-state index is 3.98. The van der Waals surface area contributed by atoms with Gasteiger partial charge < -0.3 is 10.2 Å². The number of nitrogens with one attached hydrogen (secondary N) is 1. The standard InChI is InChI=1S/C9H18N4S/c1-8(4-5-13(2)3)10-6-9-7-14-12-11-9/h7-8,10H,4-6H2,1-3H3. The van der Waals surface area contributed by atoms with E-state index in [0.29, 0.717) is 6.04 Å². The largest absolute Gasteiger partial charge is 0.309 e. The summed E-state index contributed by atoms with van der Waals surface area (Å²) in [6.45, 7) is 4.14. The van der Waals surface area contributed by atoms with Crippen LogP contribution < -0.4 is 5.32 Å². The van der Waals surface area contributed by atoms with Crippen LogP contribution in [0.5, 0.6) is 0 Å². The average Bonchev–Trinajstić information content (AvgIpc) is 2.63. The fraction of sp³-hybridized carbons (Fsp3) is 0.778. The Labute approximate surface area is 89.5 Å². The molecule has 1 heterocycles. The van der Waals surface area contributed by atoms with E-state index >= 15 is 0 Å². The van der Waals surface area contributed by atoms with Gasteiger partial charge in [0.1, 0.15) is 0 Å². The first-order chi connectivity index (χ1) is 6.68. The van der Waals surface area contributed by atoms with Gasteiger partial charge >= 0.3 is 0 Å². The lowest BCUT2D eigenvalue weighted by molar-refractivity contribution is 0.365. The predicted octanol–water partition coefficient (Wildman–Crippen LogP) is 0.968. The zero-order valence-corrected chi connectivity index (χ0v) is 9.84. The average molecular weight is 214 g/mol. The number of hydrogen-bond acceptors (Lipinski definition) is 5. The molecule has 1 atom stereocenters. The molecule has 1 unspecified atom stereocenters. The number of aromatic nitrogens is 2. The third-order valence-corrected chi connectivity index (χ3v) is 2.60. The monoisotopic (exact) mass is 214 g/mol. The maximum Gasteiger partial charge on any atom is 0.0893 e. The van der Waals surface area contributed by atoms with Gasteiger partial charge in [-0.2, -0.15) is 0 Å². The van der Waals surface area contributed by atoms with Gasteiger partial charge in [-0.3, -0.25) is 0 Å². The minimum absolute atomic E-state index is 0.527. The lowest BCUT2D eigenvalue weighted by atomic mass is 10.2. The summed E-state index contributed by atoms with van der Waals surface area (Å²) in [5.74, 6) is 0. The summed E-state index contributed by atoms with van der Waals surface area (Å²) in [6.07, 6.45) is 1.16. The van der Waals surface area contributed by atoms with Crippen LogP contribution in [-0.2, 0) is 6.54 Å². The van der Waals surface area contributed by atoms with E-state index in [9.17, 15) is 0 Å². The zero-order chi connectivity index (χ0) is 10.4. The van der Waals surface area contributed by atoms with E-state index in [1.165, 1.54) is 11.5 Å². The Kier molecular flexibility index (Phi) is 5.00. The van der Waals surface area contributed by atoms with Crippen LogP contribution in [0.1, 0.15) is 19.0 Å². The molecule has 0 aliphatic rings. The second-order valence-corrected chi connectivity index (χ2v) is 4.38. The highest BCUT2D eigenvalue weighted by Gasteiger charge is 2.03. The van der Waals surface area contributed by atoms with E-state index < -0.39 is 0 Å². The first-order valence-corrected chi connectivity index (χ1v) is 5.66. The second-order valence-electron chi connectivity index (χ2n) is 3.77. The first kappa shape index (κ1) is 11.6. The molecule has 1 aromatic rings. The van der Waals surface area contributed by atoms with Gasteiger partial charge in [-0.25, -0.2) is 0 Å². The summed E-state index contributed by atoms with van der Waals surface area (Å²) < 4.78 is 3.82. The lowest BCUT2D eigenvalue weighted by Gasteiger charge is -2.15. The van der Waals surface area contributed by atoms with Crippen LogP contribution in [0.25, 0.3) is 0 Å². The Balaban J connectivity index is 2.12. The van der Waals surface area contributed by atoms with Crippen LogP contribution >= 0.6 is 11.5 Å². The summed E-state index contributed by atoms with van der Waals surface area (Å²) in [5.41, 5.74) is 1.03. The summed E-state index contributed by atoms with van der Waals surface area (Å²) in [7, 11) is 4.19. The van der Waals surface area contributed by atoms with Crippen LogP contribution in [0.3, 0.4) is 0 Å². The van der Waals surface area contributed by atoms with Gasteiger partial charge in [0.05, 0.1) is 5.69 Å². The third-order valence-electron chi connectivity index (χ3n) is 2.05. The van der Waals surface area contributed by atoms with Gasteiger partial charge in [0.2, 0.25) is 0 Å². The van der Waals surface area contributed by atoms with Crippen molar-refractivity contribution in [2.45, 2.75) is 25.9 Å². The van der Waals surface area contributed by atoms with Crippen LogP contribution in [0.2, 0.25) is 0 Å². The minimum atomic E-state index is 0.527. The molecule has 5 heteroatoms. The first-order valence-electron chi connectivity index (χ1n) is 4.82. The molecule has 0 spiro atoms. The Morgan fingerprint density at radius 2 is 2.36 bits per heavy atom. The summed E-state index contributed by atoms with van der Waals surface area (Å²) in [6, 6.07) is 0.527.